The summed E-state index contributed by atoms with van der Waals surface area (Å²) in [4.78, 5) is 0. The number of benzene rings is 1. The summed E-state index contributed by atoms with van der Waals surface area (Å²) >= 11 is 5.96. The number of allylic oxidation sites excluding steroid dienone is 1. The highest BCUT2D eigenvalue weighted by atomic mass is 35.5. The molecule has 19 heavy (non-hydrogen) atoms. The maximum absolute atomic E-state index is 9.64. The van der Waals surface area contributed by atoms with Crippen LogP contribution in [0.15, 0.2) is 48.5 Å². The molecule has 0 atom stereocenters. The Bertz CT molecular complexity index is 506. The molecule has 0 aromatic heterocycles. The van der Waals surface area contributed by atoms with Crippen LogP contribution in [0.3, 0.4) is 0 Å². The molecule has 0 saturated carbocycles. The lowest BCUT2D eigenvalue weighted by Gasteiger charge is -2.26. The lowest BCUT2D eigenvalue weighted by Crippen LogP contribution is -2.32. The Morgan fingerprint density at radius 1 is 1.42 bits per heavy atom. The van der Waals surface area contributed by atoms with Crippen LogP contribution in [0.1, 0.15) is 13.8 Å². The number of anilines is 1. The van der Waals surface area contributed by atoms with E-state index in [0.29, 0.717) is 10.8 Å². The topological polar surface area (TPSA) is 44.7 Å². The average molecular weight is 281 g/mol. The zero-order valence-corrected chi connectivity index (χ0v) is 11.7. The molecule has 4 nitrogen and oxygen atoms in total. The number of nitrogens with zero attached hydrogens (tertiary/aromatic N) is 1. The Hall–Kier alpha value is -1.65. The Morgan fingerprint density at radius 2 is 2.21 bits per heavy atom. The van der Waals surface area contributed by atoms with Gasteiger partial charge in [0.2, 0.25) is 0 Å². The molecule has 0 aliphatic carbocycles. The third-order valence-electron chi connectivity index (χ3n) is 2.40. The Labute approximate surface area is 117 Å². The maximum Gasteiger partial charge on any atom is 0.139 e. The van der Waals surface area contributed by atoms with Gasteiger partial charge in [0.25, 0.3) is 0 Å². The lowest BCUT2D eigenvalue weighted by molar-refractivity contribution is 0.00539. The van der Waals surface area contributed by atoms with Gasteiger partial charge in [-0.1, -0.05) is 17.7 Å². The summed E-state index contributed by atoms with van der Waals surface area (Å²) in [6, 6.07) is 7.48. The summed E-state index contributed by atoms with van der Waals surface area (Å²) in [6.07, 6.45) is 5.37. The summed E-state index contributed by atoms with van der Waals surface area (Å²) < 4.78 is 5.54. The number of rotatable bonds is 4. The van der Waals surface area contributed by atoms with Crippen LogP contribution in [0.4, 0.5) is 5.69 Å². The SMILES string of the molecule is CC(C)(O)COC1=CN(c2cccc(Cl)c2)NC=C1. The zero-order valence-electron chi connectivity index (χ0n) is 10.9. The molecule has 102 valence electrons. The zero-order chi connectivity index (χ0) is 13.9. The highest BCUT2D eigenvalue weighted by molar-refractivity contribution is 6.30. The molecule has 0 unspecified atom stereocenters. The molecule has 0 amide bonds. The van der Waals surface area contributed by atoms with E-state index in [1.165, 1.54) is 0 Å². The number of aliphatic hydroxyl groups is 1. The van der Waals surface area contributed by atoms with E-state index in [9.17, 15) is 5.11 Å². The van der Waals surface area contributed by atoms with Crippen LogP contribution in [0.2, 0.25) is 5.02 Å². The van der Waals surface area contributed by atoms with Crippen LogP contribution < -0.4 is 10.4 Å². The van der Waals surface area contributed by atoms with Crippen molar-refractivity contribution < 1.29 is 9.84 Å². The van der Waals surface area contributed by atoms with Gasteiger partial charge in [0, 0.05) is 11.2 Å². The Kier molecular flexibility index (Phi) is 4.02. The molecule has 1 aromatic rings. The van der Waals surface area contributed by atoms with Gasteiger partial charge in [0.05, 0.1) is 17.5 Å². The van der Waals surface area contributed by atoms with E-state index in [0.717, 1.165) is 5.69 Å². The van der Waals surface area contributed by atoms with E-state index >= 15 is 0 Å². The summed E-state index contributed by atoms with van der Waals surface area (Å²) in [5, 5.41) is 12.1. The van der Waals surface area contributed by atoms with Crippen LogP contribution in [-0.4, -0.2) is 17.3 Å². The molecule has 0 saturated heterocycles. The van der Waals surface area contributed by atoms with Gasteiger partial charge < -0.3 is 15.3 Å². The fourth-order valence-electron chi connectivity index (χ4n) is 1.53. The fourth-order valence-corrected chi connectivity index (χ4v) is 1.71. The number of nitrogens with one attached hydrogen (secondary N) is 1. The predicted octanol–water partition coefficient (Wildman–Crippen LogP) is 2.81. The molecular formula is C14H17ClN2O2. The number of hydrogen-bond acceptors (Lipinski definition) is 4. The summed E-state index contributed by atoms with van der Waals surface area (Å²) in [5.74, 6) is 0.667. The van der Waals surface area contributed by atoms with Crippen LogP contribution in [0.5, 0.6) is 0 Å². The number of hydrogen-bond donors (Lipinski definition) is 2. The highest BCUT2D eigenvalue weighted by Gasteiger charge is 2.15. The second-order valence-corrected chi connectivity index (χ2v) is 5.38. The van der Waals surface area contributed by atoms with Gasteiger partial charge in [-0.2, -0.15) is 0 Å². The first kappa shape index (κ1) is 13.8. The molecule has 5 heteroatoms. The first-order valence-corrected chi connectivity index (χ1v) is 6.36. The second-order valence-electron chi connectivity index (χ2n) is 4.94. The summed E-state index contributed by atoms with van der Waals surface area (Å²) in [5.41, 5.74) is 3.11. The third-order valence-corrected chi connectivity index (χ3v) is 2.63. The maximum atomic E-state index is 9.64. The highest BCUT2D eigenvalue weighted by Crippen LogP contribution is 2.21. The van der Waals surface area contributed by atoms with Gasteiger partial charge in [-0.05, 0) is 38.1 Å². The molecule has 1 heterocycles. The molecule has 2 rings (SSSR count). The molecule has 0 bridgehead atoms. The van der Waals surface area contributed by atoms with Crippen molar-refractivity contribution in [3.8, 4) is 0 Å². The van der Waals surface area contributed by atoms with Crippen LogP contribution >= 0.6 is 11.6 Å². The van der Waals surface area contributed by atoms with Crippen molar-refractivity contribution in [1.82, 2.24) is 5.43 Å². The predicted molar refractivity (Wildman–Crippen MR) is 76.5 cm³/mol. The van der Waals surface area contributed by atoms with E-state index < -0.39 is 5.60 Å². The first-order chi connectivity index (χ1) is 8.94. The fraction of sp³-hybridized carbons (Fsp3) is 0.286. The minimum absolute atomic E-state index is 0.229. The summed E-state index contributed by atoms with van der Waals surface area (Å²) in [7, 11) is 0. The number of hydrazine groups is 1. The van der Waals surface area contributed by atoms with Gasteiger partial charge in [0.1, 0.15) is 12.4 Å². The molecule has 0 radical (unpaired) electrons. The van der Waals surface area contributed by atoms with Crippen molar-refractivity contribution >= 4 is 17.3 Å². The largest absolute Gasteiger partial charge is 0.489 e. The molecule has 0 spiro atoms. The second kappa shape index (κ2) is 5.55. The standard InChI is InChI=1S/C14H17ClN2O2/c1-14(2,18)10-19-13-6-7-16-17(9-13)12-5-3-4-11(15)8-12/h3-9,16,18H,10H2,1-2H3. The van der Waals surface area contributed by atoms with E-state index in [4.69, 9.17) is 16.3 Å². The van der Waals surface area contributed by atoms with Gasteiger partial charge in [-0.3, -0.25) is 5.01 Å². The number of ether oxygens (including phenoxy) is 1. The average Bonchev–Trinajstić information content (AvgIpc) is 2.36. The molecule has 2 N–H and O–H groups in total. The molecule has 1 aromatic carbocycles. The van der Waals surface area contributed by atoms with Gasteiger partial charge >= 0.3 is 0 Å². The minimum atomic E-state index is -0.861. The number of halogens is 1. The summed E-state index contributed by atoms with van der Waals surface area (Å²) in [6.45, 7) is 3.63. The Morgan fingerprint density at radius 3 is 2.89 bits per heavy atom. The van der Waals surface area contributed by atoms with Crippen LogP contribution in [0.25, 0.3) is 0 Å². The monoisotopic (exact) mass is 280 g/mol. The van der Waals surface area contributed by atoms with Crippen molar-refractivity contribution in [2.45, 2.75) is 19.4 Å². The van der Waals surface area contributed by atoms with Crippen LogP contribution in [0, 0.1) is 0 Å². The van der Waals surface area contributed by atoms with Crippen molar-refractivity contribution in [2.24, 2.45) is 0 Å². The van der Waals surface area contributed by atoms with E-state index in [2.05, 4.69) is 5.43 Å². The lowest BCUT2D eigenvalue weighted by atomic mass is 10.2. The van der Waals surface area contributed by atoms with Crippen molar-refractivity contribution in [3.05, 3.63) is 53.5 Å². The molecule has 0 fully saturated rings. The smallest absolute Gasteiger partial charge is 0.139 e. The minimum Gasteiger partial charge on any atom is -0.489 e. The first-order valence-electron chi connectivity index (χ1n) is 5.99. The van der Waals surface area contributed by atoms with Crippen molar-refractivity contribution in [3.63, 3.8) is 0 Å². The molecule has 1 aliphatic rings. The van der Waals surface area contributed by atoms with Gasteiger partial charge in [0.15, 0.2) is 0 Å². The van der Waals surface area contributed by atoms with Gasteiger partial charge in [-0.25, -0.2) is 0 Å². The normalized spacial score (nSPS) is 14.9. The Balaban J connectivity index is 2.08. The third kappa shape index (κ3) is 4.19. The van der Waals surface area contributed by atoms with E-state index in [-0.39, 0.29) is 6.61 Å². The van der Waals surface area contributed by atoms with Crippen molar-refractivity contribution in [1.29, 1.82) is 0 Å². The van der Waals surface area contributed by atoms with Crippen molar-refractivity contribution in [2.75, 3.05) is 11.6 Å². The van der Waals surface area contributed by atoms with E-state index in [1.54, 1.807) is 37.3 Å². The quantitative estimate of drug-likeness (QED) is 0.890. The molecule has 1 aliphatic heterocycles. The molecular weight excluding hydrogens is 264 g/mol. The van der Waals surface area contributed by atoms with Gasteiger partial charge in [-0.15, -0.1) is 0 Å². The van der Waals surface area contributed by atoms with E-state index in [1.807, 2.05) is 24.3 Å². The van der Waals surface area contributed by atoms with Crippen LogP contribution in [-0.2, 0) is 4.74 Å².